The van der Waals surface area contributed by atoms with E-state index in [-0.39, 0.29) is 6.03 Å². The van der Waals surface area contributed by atoms with Crippen molar-refractivity contribution < 1.29 is 4.79 Å². The third kappa shape index (κ3) is 2.01. The number of rotatable bonds is 2. The molecule has 2 rings (SSSR count). The summed E-state index contributed by atoms with van der Waals surface area (Å²) >= 11 is 0. The number of hydrogen-bond donors (Lipinski definition) is 1. The van der Waals surface area contributed by atoms with Crippen LogP contribution in [0.15, 0.2) is 23.2 Å². The van der Waals surface area contributed by atoms with E-state index in [0.29, 0.717) is 6.67 Å². The van der Waals surface area contributed by atoms with Crippen molar-refractivity contribution in [3.8, 4) is 0 Å². The van der Waals surface area contributed by atoms with E-state index in [0.717, 1.165) is 16.8 Å². The summed E-state index contributed by atoms with van der Waals surface area (Å²) in [4.78, 5) is 17.9. The topological polar surface area (TPSA) is 47.9 Å². The number of anilines is 1. The third-order valence-corrected chi connectivity index (χ3v) is 2.81. The number of carbonyl (C=O) groups is 1. The molecular weight excluding hydrogens is 216 g/mol. The Morgan fingerprint density at radius 2 is 1.94 bits per heavy atom. The van der Waals surface area contributed by atoms with E-state index < -0.39 is 0 Å². The van der Waals surface area contributed by atoms with Crippen molar-refractivity contribution in [1.82, 2.24) is 10.4 Å². The highest BCUT2D eigenvalue weighted by Gasteiger charge is 2.25. The minimum Gasteiger partial charge on any atom is -0.252 e. The van der Waals surface area contributed by atoms with Gasteiger partial charge in [-0.25, -0.2) is 15.2 Å². The van der Waals surface area contributed by atoms with Crippen LogP contribution < -0.4 is 10.3 Å². The Bertz CT molecular complexity index is 449. The molecule has 1 heterocycles. The Kier molecular flexibility index (Phi) is 3.10. The Morgan fingerprint density at radius 3 is 2.53 bits per heavy atom. The summed E-state index contributed by atoms with van der Waals surface area (Å²) in [5.74, 6) is 0. The summed E-state index contributed by atoms with van der Waals surface area (Å²) in [6.45, 7) is 4.32. The van der Waals surface area contributed by atoms with Crippen LogP contribution in [0.4, 0.5) is 10.5 Å². The largest absolute Gasteiger partial charge is 0.345 e. The predicted octanol–water partition coefficient (Wildman–Crippen LogP) is 1.67. The summed E-state index contributed by atoms with van der Waals surface area (Å²) < 4.78 is 0. The zero-order chi connectivity index (χ0) is 12.4. The van der Waals surface area contributed by atoms with Crippen LogP contribution >= 0.6 is 0 Å². The Labute approximate surface area is 101 Å². The standard InChI is InChI=1S/C12H16N4O/c1-9-5-4-6-10(2)11(9)15-7-14-8-16(13-3)12(15)17/h4-7,13H,8H2,1-3H3. The van der Waals surface area contributed by atoms with Crippen molar-refractivity contribution in [2.24, 2.45) is 4.99 Å². The van der Waals surface area contributed by atoms with E-state index in [1.165, 1.54) is 5.01 Å². The van der Waals surface area contributed by atoms with Gasteiger partial charge in [0.05, 0.1) is 5.69 Å². The molecule has 0 spiro atoms. The van der Waals surface area contributed by atoms with Crippen LogP contribution in [0.2, 0.25) is 0 Å². The molecule has 0 atom stereocenters. The first-order valence-corrected chi connectivity index (χ1v) is 5.49. The molecule has 0 aromatic heterocycles. The fourth-order valence-electron chi connectivity index (χ4n) is 1.95. The molecule has 1 aromatic carbocycles. The first kappa shape index (κ1) is 11.6. The lowest BCUT2D eigenvalue weighted by Gasteiger charge is -2.31. The maximum absolute atomic E-state index is 12.2. The number of urea groups is 1. The molecule has 1 N–H and O–H groups in total. The minimum atomic E-state index is -0.111. The van der Waals surface area contributed by atoms with Crippen LogP contribution in [0.5, 0.6) is 0 Å². The normalized spacial score (nSPS) is 15.6. The minimum absolute atomic E-state index is 0.111. The van der Waals surface area contributed by atoms with E-state index in [2.05, 4.69) is 10.4 Å². The van der Waals surface area contributed by atoms with Gasteiger partial charge in [0.25, 0.3) is 0 Å². The molecule has 0 aliphatic carbocycles. The van der Waals surface area contributed by atoms with Gasteiger partial charge >= 0.3 is 6.03 Å². The molecule has 1 aromatic rings. The maximum Gasteiger partial charge on any atom is 0.345 e. The van der Waals surface area contributed by atoms with Gasteiger partial charge in [0.2, 0.25) is 0 Å². The first-order chi connectivity index (χ1) is 8.15. The second-order valence-corrected chi connectivity index (χ2v) is 3.98. The van der Waals surface area contributed by atoms with Gasteiger partial charge in [0.1, 0.15) is 13.0 Å². The average Bonchev–Trinajstić information content (AvgIpc) is 2.31. The molecule has 90 valence electrons. The highest BCUT2D eigenvalue weighted by atomic mass is 16.2. The molecular formula is C12H16N4O. The van der Waals surface area contributed by atoms with Crippen LogP contribution in [-0.4, -0.2) is 31.1 Å². The van der Waals surface area contributed by atoms with E-state index in [1.807, 2.05) is 32.0 Å². The second-order valence-electron chi connectivity index (χ2n) is 3.98. The van der Waals surface area contributed by atoms with Crippen molar-refractivity contribution in [3.05, 3.63) is 29.3 Å². The van der Waals surface area contributed by atoms with Crippen LogP contribution in [0.3, 0.4) is 0 Å². The summed E-state index contributed by atoms with van der Waals surface area (Å²) in [7, 11) is 1.71. The number of hydrazine groups is 1. The summed E-state index contributed by atoms with van der Waals surface area (Å²) in [6.07, 6.45) is 1.59. The summed E-state index contributed by atoms with van der Waals surface area (Å²) in [5, 5.41) is 1.46. The molecule has 5 nitrogen and oxygen atoms in total. The average molecular weight is 232 g/mol. The highest BCUT2D eigenvalue weighted by Crippen LogP contribution is 2.25. The van der Waals surface area contributed by atoms with Gasteiger partial charge < -0.3 is 0 Å². The molecule has 1 aliphatic heterocycles. The lowest BCUT2D eigenvalue weighted by molar-refractivity contribution is 0.187. The predicted molar refractivity (Wildman–Crippen MR) is 68.0 cm³/mol. The Hall–Kier alpha value is -1.88. The van der Waals surface area contributed by atoms with Crippen LogP contribution in [0, 0.1) is 13.8 Å². The highest BCUT2D eigenvalue weighted by molar-refractivity contribution is 6.09. The molecule has 1 aliphatic rings. The van der Waals surface area contributed by atoms with Crippen molar-refractivity contribution in [2.75, 3.05) is 18.6 Å². The van der Waals surface area contributed by atoms with E-state index in [4.69, 9.17) is 0 Å². The van der Waals surface area contributed by atoms with Gasteiger partial charge in [-0.1, -0.05) is 18.2 Å². The smallest absolute Gasteiger partial charge is 0.252 e. The van der Waals surface area contributed by atoms with E-state index >= 15 is 0 Å². The molecule has 0 unspecified atom stereocenters. The summed E-state index contributed by atoms with van der Waals surface area (Å²) in [5.41, 5.74) is 5.84. The molecule has 0 radical (unpaired) electrons. The van der Waals surface area contributed by atoms with Gasteiger partial charge in [-0.3, -0.25) is 9.89 Å². The number of nitrogens with zero attached hydrogens (tertiary/aromatic N) is 3. The molecule has 5 heteroatoms. The van der Waals surface area contributed by atoms with Gasteiger partial charge in [-0.2, -0.15) is 0 Å². The Balaban J connectivity index is 2.43. The van der Waals surface area contributed by atoms with Crippen molar-refractivity contribution >= 4 is 18.1 Å². The quantitative estimate of drug-likeness (QED) is 0.843. The number of hydrogen-bond acceptors (Lipinski definition) is 3. The number of carbonyl (C=O) groups excluding carboxylic acids is 1. The fraction of sp³-hybridized carbons (Fsp3) is 0.333. The second kappa shape index (κ2) is 4.55. The number of nitrogens with one attached hydrogen (secondary N) is 1. The lowest BCUT2D eigenvalue weighted by atomic mass is 10.1. The van der Waals surface area contributed by atoms with Crippen molar-refractivity contribution in [3.63, 3.8) is 0 Å². The van der Waals surface area contributed by atoms with Crippen LogP contribution in [-0.2, 0) is 0 Å². The number of amides is 2. The SMILES string of the molecule is CNN1CN=CN(c2c(C)cccc2C)C1=O. The third-order valence-electron chi connectivity index (χ3n) is 2.81. The Morgan fingerprint density at radius 1 is 1.29 bits per heavy atom. The van der Waals surface area contributed by atoms with Crippen LogP contribution in [0.1, 0.15) is 11.1 Å². The molecule has 0 saturated carbocycles. The lowest BCUT2D eigenvalue weighted by Crippen LogP contribution is -2.51. The molecule has 0 bridgehead atoms. The van der Waals surface area contributed by atoms with Crippen molar-refractivity contribution in [2.45, 2.75) is 13.8 Å². The van der Waals surface area contributed by atoms with Gasteiger partial charge in [-0.15, -0.1) is 0 Å². The monoisotopic (exact) mass is 232 g/mol. The first-order valence-electron chi connectivity index (χ1n) is 5.49. The van der Waals surface area contributed by atoms with Crippen LogP contribution in [0.25, 0.3) is 0 Å². The zero-order valence-electron chi connectivity index (χ0n) is 10.3. The number of benzene rings is 1. The fourth-order valence-corrected chi connectivity index (χ4v) is 1.95. The molecule has 17 heavy (non-hydrogen) atoms. The maximum atomic E-state index is 12.2. The number of para-hydroxylation sites is 1. The van der Waals surface area contributed by atoms with E-state index in [9.17, 15) is 4.79 Å². The molecule has 0 saturated heterocycles. The summed E-state index contributed by atoms with van der Waals surface area (Å²) in [6, 6.07) is 5.85. The van der Waals surface area contributed by atoms with Gasteiger partial charge in [-0.05, 0) is 25.0 Å². The number of aliphatic imine (C=N–C) groups is 1. The molecule has 0 fully saturated rings. The zero-order valence-corrected chi connectivity index (χ0v) is 10.3. The van der Waals surface area contributed by atoms with Gasteiger partial charge in [0.15, 0.2) is 0 Å². The van der Waals surface area contributed by atoms with Gasteiger partial charge in [0, 0.05) is 7.05 Å². The molecule has 2 amide bonds. The van der Waals surface area contributed by atoms with Crippen molar-refractivity contribution in [1.29, 1.82) is 0 Å². The van der Waals surface area contributed by atoms with E-state index in [1.54, 1.807) is 18.3 Å². The number of aryl methyl sites for hydroxylation is 2.